The number of thiophene rings is 1. The van der Waals surface area contributed by atoms with Crippen LogP contribution in [0.3, 0.4) is 0 Å². The van der Waals surface area contributed by atoms with Gasteiger partial charge in [-0.25, -0.2) is 4.79 Å². The SMILES string of the molecule is O=C(Nc1sc2c(c1-c1nc(C3CC3)no1)CC[C@@H](C(F)(F)F)C2)C1=CCCC1.O=C(O)O. The highest BCUT2D eigenvalue weighted by Gasteiger charge is 2.43. The zero-order chi connectivity index (χ0) is 23.8. The molecule has 1 saturated carbocycles. The number of nitrogens with zero attached hydrogens (tertiary/aromatic N) is 2. The van der Waals surface area contributed by atoms with Crippen LogP contribution in [0.15, 0.2) is 16.2 Å². The minimum Gasteiger partial charge on any atom is -0.450 e. The first-order valence-corrected chi connectivity index (χ1v) is 11.4. The van der Waals surface area contributed by atoms with Crippen molar-refractivity contribution in [3.8, 4) is 11.5 Å². The van der Waals surface area contributed by atoms with Gasteiger partial charge in [0.15, 0.2) is 5.82 Å². The normalized spacial score (nSPS) is 19.8. The van der Waals surface area contributed by atoms with E-state index in [1.54, 1.807) is 0 Å². The number of halogens is 3. The van der Waals surface area contributed by atoms with E-state index in [4.69, 9.17) is 19.5 Å². The maximum absolute atomic E-state index is 13.3. The molecule has 0 aliphatic heterocycles. The van der Waals surface area contributed by atoms with Crippen LogP contribution >= 0.6 is 11.3 Å². The Morgan fingerprint density at radius 3 is 2.52 bits per heavy atom. The van der Waals surface area contributed by atoms with Gasteiger partial charge in [-0.05, 0) is 56.9 Å². The van der Waals surface area contributed by atoms with Crippen molar-refractivity contribution in [3.63, 3.8) is 0 Å². The highest BCUT2D eigenvalue weighted by atomic mass is 32.1. The summed E-state index contributed by atoms with van der Waals surface area (Å²) in [5, 5.41) is 21.4. The third kappa shape index (κ3) is 5.37. The molecule has 3 N–H and O–H groups in total. The molecule has 12 heteroatoms. The van der Waals surface area contributed by atoms with Crippen molar-refractivity contribution in [2.45, 2.75) is 63.5 Å². The molecule has 1 atom stereocenters. The fraction of sp³-hybridized carbons (Fsp3) is 0.524. The van der Waals surface area contributed by atoms with Crippen molar-refractivity contribution in [3.05, 3.63) is 27.9 Å². The highest BCUT2D eigenvalue weighted by Crippen LogP contribution is 2.48. The fourth-order valence-electron chi connectivity index (χ4n) is 4.08. The lowest BCUT2D eigenvalue weighted by Gasteiger charge is -2.24. The lowest BCUT2D eigenvalue weighted by Crippen LogP contribution is -2.28. The number of alkyl halides is 3. The molecular formula is C21H22F3N3O5S. The molecule has 2 aromatic rings. The van der Waals surface area contributed by atoms with E-state index in [0.29, 0.717) is 33.1 Å². The molecule has 0 saturated heterocycles. The van der Waals surface area contributed by atoms with Gasteiger partial charge < -0.3 is 20.1 Å². The molecule has 1 amide bonds. The van der Waals surface area contributed by atoms with Crippen LogP contribution in [0, 0.1) is 5.92 Å². The quantitative estimate of drug-likeness (QED) is 0.514. The van der Waals surface area contributed by atoms with Gasteiger partial charge in [0.2, 0.25) is 0 Å². The van der Waals surface area contributed by atoms with Gasteiger partial charge in [0, 0.05) is 16.4 Å². The average Bonchev–Trinajstić information content (AvgIpc) is 3.14. The largest absolute Gasteiger partial charge is 0.503 e. The summed E-state index contributed by atoms with van der Waals surface area (Å²) in [4.78, 5) is 26.3. The van der Waals surface area contributed by atoms with Crippen LogP contribution in [-0.4, -0.2) is 38.6 Å². The predicted octanol–water partition coefficient (Wildman–Crippen LogP) is 5.61. The van der Waals surface area contributed by atoms with Crippen molar-refractivity contribution in [1.82, 2.24) is 10.1 Å². The Hall–Kier alpha value is -2.89. The number of hydrogen-bond acceptors (Lipinski definition) is 6. The second-order valence-corrected chi connectivity index (χ2v) is 9.38. The number of carboxylic acid groups (broad SMARTS) is 2. The lowest BCUT2D eigenvalue weighted by atomic mass is 9.86. The first-order chi connectivity index (χ1) is 15.6. The number of carbonyl (C=O) groups excluding carboxylic acids is 1. The Balaban J connectivity index is 0.000000601. The van der Waals surface area contributed by atoms with Crippen LogP contribution in [0.25, 0.3) is 11.5 Å². The molecule has 33 heavy (non-hydrogen) atoms. The monoisotopic (exact) mass is 485 g/mol. The summed E-state index contributed by atoms with van der Waals surface area (Å²) in [6.45, 7) is 0. The molecule has 3 aliphatic rings. The number of allylic oxidation sites excluding steroid dienone is 1. The summed E-state index contributed by atoms with van der Waals surface area (Å²) in [6.07, 6.45) is 0.679. The van der Waals surface area contributed by atoms with Crippen LogP contribution in [0.5, 0.6) is 0 Å². The van der Waals surface area contributed by atoms with E-state index < -0.39 is 18.2 Å². The minimum atomic E-state index is -4.22. The first-order valence-electron chi connectivity index (χ1n) is 10.6. The second-order valence-electron chi connectivity index (χ2n) is 8.28. The van der Waals surface area contributed by atoms with Gasteiger partial charge >= 0.3 is 12.3 Å². The van der Waals surface area contributed by atoms with E-state index in [1.807, 2.05) is 6.08 Å². The van der Waals surface area contributed by atoms with Crippen LogP contribution < -0.4 is 5.32 Å². The zero-order valence-corrected chi connectivity index (χ0v) is 18.3. The number of fused-ring (bicyclic) bond motifs is 1. The van der Waals surface area contributed by atoms with Gasteiger partial charge in [0.25, 0.3) is 11.8 Å². The Morgan fingerprint density at radius 1 is 1.18 bits per heavy atom. The maximum Gasteiger partial charge on any atom is 0.503 e. The van der Waals surface area contributed by atoms with Gasteiger partial charge in [-0.1, -0.05) is 11.2 Å². The molecule has 0 unspecified atom stereocenters. The molecule has 2 heterocycles. The molecule has 5 rings (SSSR count). The maximum atomic E-state index is 13.3. The topological polar surface area (TPSA) is 126 Å². The molecule has 2 aromatic heterocycles. The van der Waals surface area contributed by atoms with Crippen LogP contribution in [0.1, 0.15) is 60.7 Å². The molecule has 0 spiro atoms. The van der Waals surface area contributed by atoms with Gasteiger partial charge in [-0.3, -0.25) is 4.79 Å². The van der Waals surface area contributed by atoms with Crippen LogP contribution in [0.2, 0.25) is 0 Å². The molecule has 0 radical (unpaired) electrons. The van der Waals surface area contributed by atoms with Gasteiger partial charge in [0.05, 0.1) is 11.5 Å². The van der Waals surface area contributed by atoms with Crippen molar-refractivity contribution >= 4 is 28.4 Å². The zero-order valence-electron chi connectivity index (χ0n) is 17.4. The summed E-state index contributed by atoms with van der Waals surface area (Å²) in [7, 11) is 0. The summed E-state index contributed by atoms with van der Waals surface area (Å²) >= 11 is 1.21. The average molecular weight is 485 g/mol. The second kappa shape index (κ2) is 9.16. The van der Waals surface area contributed by atoms with Crippen molar-refractivity contribution in [2.75, 3.05) is 5.32 Å². The predicted molar refractivity (Wildman–Crippen MR) is 112 cm³/mol. The summed E-state index contributed by atoms with van der Waals surface area (Å²) in [5.41, 5.74) is 2.13. The van der Waals surface area contributed by atoms with Crippen molar-refractivity contribution in [2.24, 2.45) is 5.92 Å². The standard InChI is InChI=1S/C20H20F3N3O2S.CH2O3/c21-20(22,23)12-7-8-13-14(9-12)29-19(25-17(27)11-3-1-2-4-11)15(13)18-24-16(26-28-18)10-5-6-10;2-1(3)4/h3,10,12H,1-2,4-9H2,(H,25,27);(H2,2,3,4)/t12-;/m1./s1. The molecule has 0 aromatic carbocycles. The molecule has 1 fully saturated rings. The van der Waals surface area contributed by atoms with E-state index >= 15 is 0 Å². The Kier molecular flexibility index (Phi) is 6.46. The van der Waals surface area contributed by atoms with E-state index in [-0.39, 0.29) is 25.2 Å². The molecule has 8 nitrogen and oxygen atoms in total. The number of carbonyl (C=O) groups is 2. The van der Waals surface area contributed by atoms with Crippen molar-refractivity contribution in [1.29, 1.82) is 0 Å². The van der Waals surface area contributed by atoms with Gasteiger partial charge in [-0.15, -0.1) is 11.3 Å². The number of amides is 1. The summed E-state index contributed by atoms with van der Waals surface area (Å²) in [5.74, 6) is -0.313. The molecule has 0 bridgehead atoms. The molecule has 178 valence electrons. The van der Waals surface area contributed by atoms with Gasteiger partial charge in [-0.2, -0.15) is 18.2 Å². The van der Waals surface area contributed by atoms with E-state index in [9.17, 15) is 18.0 Å². The molecule has 3 aliphatic carbocycles. The minimum absolute atomic E-state index is 0.0302. The van der Waals surface area contributed by atoms with Crippen molar-refractivity contribution < 1.29 is 37.5 Å². The third-order valence-corrected chi connectivity index (χ3v) is 7.06. The Morgan fingerprint density at radius 2 is 1.91 bits per heavy atom. The van der Waals surface area contributed by atoms with E-state index in [2.05, 4.69) is 15.5 Å². The Bertz CT molecular complexity index is 1080. The van der Waals surface area contributed by atoms with E-state index in [0.717, 1.165) is 43.2 Å². The fourth-order valence-corrected chi connectivity index (χ4v) is 5.40. The highest BCUT2D eigenvalue weighted by molar-refractivity contribution is 7.17. The number of hydrogen-bond donors (Lipinski definition) is 3. The molecular weight excluding hydrogens is 463 g/mol. The third-order valence-electron chi connectivity index (χ3n) is 5.89. The van der Waals surface area contributed by atoms with Gasteiger partial charge in [0.1, 0.15) is 5.00 Å². The number of rotatable bonds is 4. The Labute approximate surface area is 190 Å². The number of aromatic nitrogens is 2. The van der Waals surface area contributed by atoms with Crippen LogP contribution in [-0.2, 0) is 17.6 Å². The van der Waals surface area contributed by atoms with Crippen LogP contribution in [0.4, 0.5) is 23.0 Å². The lowest BCUT2D eigenvalue weighted by molar-refractivity contribution is -0.176. The first kappa shape index (κ1) is 23.3. The number of nitrogens with one attached hydrogen (secondary N) is 1. The smallest absolute Gasteiger partial charge is 0.450 e. The number of anilines is 1. The summed E-state index contributed by atoms with van der Waals surface area (Å²) in [6, 6.07) is 0. The summed E-state index contributed by atoms with van der Waals surface area (Å²) < 4.78 is 45.3. The van der Waals surface area contributed by atoms with E-state index in [1.165, 1.54) is 11.3 Å².